The Morgan fingerprint density at radius 1 is 1.05 bits per heavy atom. The Kier molecular flexibility index (Phi) is 4.64. The van der Waals surface area contributed by atoms with E-state index >= 15 is 0 Å². The number of phenols is 1. The molecule has 0 unspecified atom stereocenters. The first-order valence-electron chi connectivity index (χ1n) is 6.13. The lowest BCUT2D eigenvalue weighted by atomic mass is 10.2. The number of aliphatic hydroxyl groups excluding tert-OH is 1. The van der Waals surface area contributed by atoms with E-state index in [2.05, 4.69) is 5.32 Å². The zero-order valence-electron chi connectivity index (χ0n) is 10.5. The lowest BCUT2D eigenvalue weighted by Crippen LogP contribution is -2.02. The van der Waals surface area contributed by atoms with Crippen molar-refractivity contribution in [2.45, 2.75) is 6.54 Å². The molecule has 0 saturated heterocycles. The van der Waals surface area contributed by atoms with Gasteiger partial charge in [0.05, 0.1) is 6.61 Å². The van der Waals surface area contributed by atoms with Gasteiger partial charge in [0.1, 0.15) is 18.1 Å². The van der Waals surface area contributed by atoms with Crippen LogP contribution in [0.3, 0.4) is 0 Å². The molecule has 0 atom stereocenters. The van der Waals surface area contributed by atoms with Crippen LogP contribution in [-0.2, 0) is 6.54 Å². The lowest BCUT2D eigenvalue weighted by Gasteiger charge is -2.08. The molecular weight excluding hydrogens is 242 g/mol. The Balaban J connectivity index is 1.89. The molecule has 0 bridgehead atoms. The summed E-state index contributed by atoms with van der Waals surface area (Å²) in [6.07, 6.45) is 0. The third kappa shape index (κ3) is 4.19. The summed E-state index contributed by atoms with van der Waals surface area (Å²) in [6, 6.07) is 14.7. The number of ether oxygens (including phenoxy) is 1. The Hall–Kier alpha value is -2.20. The van der Waals surface area contributed by atoms with Crippen molar-refractivity contribution >= 4 is 5.69 Å². The molecule has 0 saturated carbocycles. The van der Waals surface area contributed by atoms with E-state index in [4.69, 9.17) is 9.84 Å². The molecule has 2 rings (SSSR count). The highest BCUT2D eigenvalue weighted by atomic mass is 16.5. The van der Waals surface area contributed by atoms with E-state index in [9.17, 15) is 5.11 Å². The summed E-state index contributed by atoms with van der Waals surface area (Å²) in [4.78, 5) is 0. The van der Waals surface area contributed by atoms with Crippen molar-refractivity contribution in [3.63, 3.8) is 0 Å². The monoisotopic (exact) mass is 259 g/mol. The fourth-order valence-corrected chi connectivity index (χ4v) is 1.70. The molecule has 0 spiro atoms. The zero-order valence-corrected chi connectivity index (χ0v) is 10.5. The highest BCUT2D eigenvalue weighted by Crippen LogP contribution is 2.17. The van der Waals surface area contributed by atoms with Crippen molar-refractivity contribution < 1.29 is 14.9 Å². The van der Waals surface area contributed by atoms with Crippen LogP contribution in [0.25, 0.3) is 0 Å². The van der Waals surface area contributed by atoms with Gasteiger partial charge in [-0.3, -0.25) is 0 Å². The van der Waals surface area contributed by atoms with Crippen molar-refractivity contribution in [3.05, 3.63) is 54.1 Å². The standard InChI is InChI=1S/C15H17NO3/c17-8-9-19-15-6-4-13(5-7-15)16-11-12-2-1-3-14(18)10-12/h1-7,10,16-18H,8-9,11H2. The second-order valence-corrected chi connectivity index (χ2v) is 4.12. The van der Waals surface area contributed by atoms with E-state index < -0.39 is 0 Å². The molecule has 0 heterocycles. The van der Waals surface area contributed by atoms with Gasteiger partial charge in [-0.15, -0.1) is 0 Å². The van der Waals surface area contributed by atoms with Crippen LogP contribution in [0.5, 0.6) is 11.5 Å². The highest BCUT2D eigenvalue weighted by molar-refractivity contribution is 5.47. The average molecular weight is 259 g/mol. The number of hydrogen-bond acceptors (Lipinski definition) is 4. The van der Waals surface area contributed by atoms with Crippen molar-refractivity contribution in [1.82, 2.24) is 0 Å². The third-order valence-electron chi connectivity index (χ3n) is 2.62. The summed E-state index contributed by atoms with van der Waals surface area (Å²) in [6.45, 7) is 0.957. The number of rotatable bonds is 6. The Morgan fingerprint density at radius 2 is 1.84 bits per heavy atom. The van der Waals surface area contributed by atoms with Gasteiger partial charge in [-0.05, 0) is 42.0 Å². The van der Waals surface area contributed by atoms with Crippen molar-refractivity contribution in [2.24, 2.45) is 0 Å². The van der Waals surface area contributed by atoms with E-state index in [1.165, 1.54) is 0 Å². The fourth-order valence-electron chi connectivity index (χ4n) is 1.70. The highest BCUT2D eigenvalue weighted by Gasteiger charge is 1.97. The van der Waals surface area contributed by atoms with Crippen LogP contribution in [0, 0.1) is 0 Å². The van der Waals surface area contributed by atoms with Gasteiger partial charge in [-0.1, -0.05) is 12.1 Å². The first-order chi connectivity index (χ1) is 9.28. The molecule has 3 N–H and O–H groups in total. The van der Waals surface area contributed by atoms with Crippen molar-refractivity contribution in [1.29, 1.82) is 0 Å². The second-order valence-electron chi connectivity index (χ2n) is 4.12. The lowest BCUT2D eigenvalue weighted by molar-refractivity contribution is 0.201. The summed E-state index contributed by atoms with van der Waals surface area (Å²) in [5, 5.41) is 21.3. The third-order valence-corrected chi connectivity index (χ3v) is 2.62. The van der Waals surface area contributed by atoms with Crippen molar-refractivity contribution in [3.8, 4) is 11.5 Å². The molecule has 4 nitrogen and oxygen atoms in total. The minimum Gasteiger partial charge on any atom is -0.508 e. The van der Waals surface area contributed by atoms with E-state index in [1.807, 2.05) is 36.4 Å². The van der Waals surface area contributed by atoms with Crippen molar-refractivity contribution in [2.75, 3.05) is 18.5 Å². The molecule has 0 amide bonds. The maximum Gasteiger partial charge on any atom is 0.119 e. The van der Waals surface area contributed by atoms with Gasteiger partial charge in [-0.25, -0.2) is 0 Å². The van der Waals surface area contributed by atoms with Crippen LogP contribution in [0.1, 0.15) is 5.56 Å². The van der Waals surface area contributed by atoms with Gasteiger partial charge in [0.2, 0.25) is 0 Å². The summed E-state index contributed by atoms with van der Waals surface area (Å²) in [5.41, 5.74) is 1.99. The minimum atomic E-state index is 0.0114. The van der Waals surface area contributed by atoms with E-state index in [-0.39, 0.29) is 12.4 Å². The summed E-state index contributed by atoms with van der Waals surface area (Å²) in [7, 11) is 0. The molecule has 4 heteroatoms. The zero-order chi connectivity index (χ0) is 13.5. The minimum absolute atomic E-state index is 0.0114. The number of anilines is 1. The smallest absolute Gasteiger partial charge is 0.119 e. The molecule has 100 valence electrons. The molecular formula is C15H17NO3. The van der Waals surface area contributed by atoms with Crippen LogP contribution in [0.2, 0.25) is 0 Å². The maximum atomic E-state index is 9.36. The first kappa shape index (κ1) is 13.2. The predicted octanol–water partition coefficient (Wildman–Crippen LogP) is 2.38. The number of benzene rings is 2. The molecule has 2 aromatic rings. The van der Waals surface area contributed by atoms with Gasteiger partial charge in [0.15, 0.2) is 0 Å². The van der Waals surface area contributed by atoms with Gasteiger partial charge in [0.25, 0.3) is 0 Å². The molecule has 0 radical (unpaired) electrons. The normalized spacial score (nSPS) is 10.2. The van der Waals surface area contributed by atoms with Crippen LogP contribution in [0.15, 0.2) is 48.5 Å². The Morgan fingerprint density at radius 3 is 2.53 bits per heavy atom. The average Bonchev–Trinajstić information content (AvgIpc) is 2.44. The van der Waals surface area contributed by atoms with Gasteiger partial charge >= 0.3 is 0 Å². The number of aliphatic hydroxyl groups is 1. The first-order valence-corrected chi connectivity index (χ1v) is 6.13. The largest absolute Gasteiger partial charge is 0.508 e. The van der Waals surface area contributed by atoms with Gasteiger partial charge in [-0.2, -0.15) is 0 Å². The molecule has 0 aliphatic heterocycles. The van der Waals surface area contributed by atoms with E-state index in [1.54, 1.807) is 12.1 Å². The maximum absolute atomic E-state index is 9.36. The van der Waals surface area contributed by atoms with Crippen LogP contribution >= 0.6 is 0 Å². The van der Waals surface area contributed by atoms with Gasteiger partial charge < -0.3 is 20.3 Å². The molecule has 0 aromatic heterocycles. The van der Waals surface area contributed by atoms with Crippen LogP contribution in [-0.4, -0.2) is 23.4 Å². The van der Waals surface area contributed by atoms with Crippen LogP contribution in [0.4, 0.5) is 5.69 Å². The number of nitrogens with one attached hydrogen (secondary N) is 1. The summed E-state index contributed by atoms with van der Waals surface area (Å²) in [5.74, 6) is 1.00. The predicted molar refractivity (Wildman–Crippen MR) is 74.5 cm³/mol. The number of aromatic hydroxyl groups is 1. The number of phenolic OH excluding ortho intramolecular Hbond substituents is 1. The molecule has 2 aromatic carbocycles. The van der Waals surface area contributed by atoms with Crippen LogP contribution < -0.4 is 10.1 Å². The fraction of sp³-hybridized carbons (Fsp3) is 0.200. The molecule has 0 aliphatic carbocycles. The Bertz CT molecular complexity index is 511. The van der Waals surface area contributed by atoms with E-state index in [0.717, 1.165) is 17.0 Å². The van der Waals surface area contributed by atoms with E-state index in [0.29, 0.717) is 13.2 Å². The topological polar surface area (TPSA) is 61.7 Å². The number of hydrogen-bond donors (Lipinski definition) is 3. The second kappa shape index (κ2) is 6.66. The molecule has 19 heavy (non-hydrogen) atoms. The molecule has 0 fully saturated rings. The summed E-state index contributed by atoms with van der Waals surface area (Å²) >= 11 is 0. The summed E-state index contributed by atoms with van der Waals surface area (Å²) < 4.78 is 5.28. The SMILES string of the molecule is OCCOc1ccc(NCc2cccc(O)c2)cc1. The molecule has 0 aliphatic rings. The van der Waals surface area contributed by atoms with Gasteiger partial charge in [0, 0.05) is 12.2 Å². The quantitative estimate of drug-likeness (QED) is 0.745. The Labute approximate surface area is 112 Å².